The molecule has 0 saturated heterocycles. The molecule has 0 spiro atoms. The topological polar surface area (TPSA) is 34.5 Å². The van der Waals surface area contributed by atoms with Crippen molar-refractivity contribution in [1.82, 2.24) is 4.98 Å². The van der Waals surface area contributed by atoms with Crippen molar-refractivity contribution in [3.05, 3.63) is 53.4 Å². The number of nitrogens with zero attached hydrogens (tertiary/aromatic N) is 2. The quantitative estimate of drug-likeness (QED) is 0.630. The fraction of sp³-hybridized carbons (Fsp3) is 0.143. The molecule has 2 aromatic rings. The second-order valence-electron chi connectivity index (χ2n) is 4.16. The summed E-state index contributed by atoms with van der Waals surface area (Å²) >= 11 is 0. The van der Waals surface area contributed by atoms with Crippen molar-refractivity contribution in [2.75, 3.05) is 7.11 Å². The SMILES string of the molecule is COc1cc(F)c(/C=N/c2ccc(C(F)(F)F)nc2)c(F)c1. The largest absolute Gasteiger partial charge is 0.497 e. The van der Waals surface area contributed by atoms with Gasteiger partial charge in [-0.2, -0.15) is 13.2 Å². The molecule has 0 atom stereocenters. The Balaban J connectivity index is 2.26. The van der Waals surface area contributed by atoms with Crippen LogP contribution in [0.4, 0.5) is 27.6 Å². The lowest BCUT2D eigenvalue weighted by Crippen LogP contribution is -2.06. The van der Waals surface area contributed by atoms with E-state index in [4.69, 9.17) is 4.74 Å². The Morgan fingerprint density at radius 2 is 1.77 bits per heavy atom. The Kier molecular flexibility index (Phi) is 4.39. The fourth-order valence-corrected chi connectivity index (χ4v) is 1.57. The third kappa shape index (κ3) is 3.57. The van der Waals surface area contributed by atoms with Gasteiger partial charge in [0.15, 0.2) is 0 Å². The number of pyridine rings is 1. The summed E-state index contributed by atoms with van der Waals surface area (Å²) in [6, 6.07) is 3.71. The highest BCUT2D eigenvalue weighted by Crippen LogP contribution is 2.28. The summed E-state index contributed by atoms with van der Waals surface area (Å²) < 4.78 is 69.0. The van der Waals surface area contributed by atoms with Crippen LogP contribution in [0.5, 0.6) is 5.75 Å². The summed E-state index contributed by atoms with van der Waals surface area (Å²) in [4.78, 5) is 6.89. The van der Waals surface area contributed by atoms with Crippen LogP contribution in [-0.2, 0) is 6.18 Å². The molecule has 0 aliphatic heterocycles. The van der Waals surface area contributed by atoms with E-state index in [1.807, 2.05) is 0 Å². The van der Waals surface area contributed by atoms with Gasteiger partial charge in [0, 0.05) is 18.3 Å². The average Bonchev–Trinajstić information content (AvgIpc) is 2.45. The number of halogens is 5. The monoisotopic (exact) mass is 316 g/mol. The first-order chi connectivity index (χ1) is 10.3. The van der Waals surface area contributed by atoms with Gasteiger partial charge in [-0.05, 0) is 12.1 Å². The predicted octanol–water partition coefficient (Wildman–Crippen LogP) is 4.14. The third-order valence-corrected chi connectivity index (χ3v) is 2.67. The standard InChI is InChI=1S/C14H9F5N2O/c1-22-9-4-11(15)10(12(16)5-9)7-20-8-2-3-13(21-6-8)14(17,18)19/h2-7H,1H3/b20-7+. The number of aromatic nitrogens is 1. The van der Waals surface area contributed by atoms with Crippen LogP contribution in [0, 0.1) is 11.6 Å². The zero-order valence-corrected chi connectivity index (χ0v) is 11.2. The number of ether oxygens (including phenoxy) is 1. The van der Waals surface area contributed by atoms with E-state index in [1.54, 1.807) is 0 Å². The molecule has 1 aromatic carbocycles. The summed E-state index contributed by atoms with van der Waals surface area (Å²) in [6.45, 7) is 0. The molecule has 22 heavy (non-hydrogen) atoms. The minimum Gasteiger partial charge on any atom is -0.497 e. The van der Waals surface area contributed by atoms with Gasteiger partial charge in [0.25, 0.3) is 0 Å². The van der Waals surface area contributed by atoms with Gasteiger partial charge < -0.3 is 4.74 Å². The van der Waals surface area contributed by atoms with Crippen molar-refractivity contribution in [2.45, 2.75) is 6.18 Å². The minimum atomic E-state index is -4.56. The molecule has 2 rings (SSSR count). The molecule has 1 heterocycles. The van der Waals surface area contributed by atoms with Gasteiger partial charge in [0.1, 0.15) is 23.1 Å². The number of rotatable bonds is 3. The van der Waals surface area contributed by atoms with Crippen LogP contribution in [0.25, 0.3) is 0 Å². The van der Waals surface area contributed by atoms with Crippen LogP contribution < -0.4 is 4.74 Å². The second kappa shape index (κ2) is 6.08. The predicted molar refractivity (Wildman–Crippen MR) is 69.4 cm³/mol. The van der Waals surface area contributed by atoms with E-state index in [-0.39, 0.29) is 11.4 Å². The number of hydrogen-bond donors (Lipinski definition) is 0. The van der Waals surface area contributed by atoms with Gasteiger partial charge in [-0.3, -0.25) is 4.99 Å². The highest BCUT2D eigenvalue weighted by molar-refractivity contribution is 5.82. The van der Waals surface area contributed by atoms with Crippen LogP contribution in [0.1, 0.15) is 11.3 Å². The van der Waals surface area contributed by atoms with E-state index in [1.165, 1.54) is 7.11 Å². The summed E-state index contributed by atoms with van der Waals surface area (Å²) in [5.41, 5.74) is -1.48. The Morgan fingerprint density at radius 3 is 2.23 bits per heavy atom. The first kappa shape index (κ1) is 15.9. The second-order valence-corrected chi connectivity index (χ2v) is 4.16. The Labute approximate surface area is 122 Å². The first-order valence-corrected chi connectivity index (χ1v) is 5.91. The van der Waals surface area contributed by atoms with Gasteiger partial charge >= 0.3 is 6.18 Å². The maximum atomic E-state index is 13.6. The number of methoxy groups -OCH3 is 1. The smallest absolute Gasteiger partial charge is 0.433 e. The van der Waals surface area contributed by atoms with Crippen LogP contribution in [-0.4, -0.2) is 18.3 Å². The van der Waals surface area contributed by atoms with Crippen LogP contribution in [0.2, 0.25) is 0 Å². The molecule has 1 aromatic heterocycles. The normalized spacial score (nSPS) is 11.9. The fourth-order valence-electron chi connectivity index (χ4n) is 1.57. The molecule has 0 fully saturated rings. The summed E-state index contributed by atoms with van der Waals surface area (Å²) in [6.07, 6.45) is -2.83. The van der Waals surface area contributed by atoms with Crippen molar-refractivity contribution >= 4 is 11.9 Å². The van der Waals surface area contributed by atoms with Crippen molar-refractivity contribution in [1.29, 1.82) is 0 Å². The molecular weight excluding hydrogens is 307 g/mol. The maximum absolute atomic E-state index is 13.6. The molecule has 8 heteroatoms. The molecule has 0 bridgehead atoms. The van der Waals surface area contributed by atoms with Gasteiger partial charge in [-0.15, -0.1) is 0 Å². The number of aliphatic imine (C=N–C) groups is 1. The highest BCUT2D eigenvalue weighted by atomic mass is 19.4. The van der Waals surface area contributed by atoms with Crippen LogP contribution in [0.3, 0.4) is 0 Å². The van der Waals surface area contributed by atoms with Crippen molar-refractivity contribution < 1.29 is 26.7 Å². The lowest BCUT2D eigenvalue weighted by Gasteiger charge is -2.05. The summed E-state index contributed by atoms with van der Waals surface area (Å²) in [5.74, 6) is -1.80. The van der Waals surface area contributed by atoms with Gasteiger partial charge in [-0.25, -0.2) is 13.8 Å². The molecule has 116 valence electrons. The zero-order chi connectivity index (χ0) is 16.3. The van der Waals surface area contributed by atoms with Crippen molar-refractivity contribution in [3.8, 4) is 5.75 Å². The van der Waals surface area contributed by atoms with E-state index in [2.05, 4.69) is 9.98 Å². The molecule has 0 unspecified atom stereocenters. The van der Waals surface area contributed by atoms with Gasteiger partial charge in [0.05, 0.1) is 24.6 Å². The summed E-state index contributed by atoms with van der Waals surface area (Å²) in [7, 11) is 1.26. The molecular formula is C14H9F5N2O. The lowest BCUT2D eigenvalue weighted by molar-refractivity contribution is -0.141. The third-order valence-electron chi connectivity index (χ3n) is 2.67. The van der Waals surface area contributed by atoms with E-state index in [0.717, 1.165) is 36.7 Å². The molecule has 0 radical (unpaired) electrons. The number of benzene rings is 1. The molecule has 0 aliphatic rings. The Morgan fingerprint density at radius 1 is 1.14 bits per heavy atom. The van der Waals surface area contributed by atoms with Gasteiger partial charge in [0.2, 0.25) is 0 Å². The van der Waals surface area contributed by atoms with Crippen molar-refractivity contribution in [3.63, 3.8) is 0 Å². The molecule has 0 aliphatic carbocycles. The molecule has 3 nitrogen and oxygen atoms in total. The van der Waals surface area contributed by atoms with Crippen molar-refractivity contribution in [2.24, 2.45) is 4.99 Å². The van der Waals surface area contributed by atoms with E-state index >= 15 is 0 Å². The maximum Gasteiger partial charge on any atom is 0.433 e. The lowest BCUT2D eigenvalue weighted by atomic mass is 10.2. The summed E-state index contributed by atoms with van der Waals surface area (Å²) in [5, 5.41) is 0. The van der Waals surface area contributed by atoms with Crippen LogP contribution in [0.15, 0.2) is 35.5 Å². The Bertz CT molecular complexity index is 672. The average molecular weight is 316 g/mol. The highest BCUT2D eigenvalue weighted by Gasteiger charge is 2.31. The van der Waals surface area contributed by atoms with E-state index < -0.39 is 29.1 Å². The first-order valence-electron chi connectivity index (χ1n) is 5.91. The van der Waals surface area contributed by atoms with E-state index in [9.17, 15) is 22.0 Å². The molecule has 0 N–H and O–H groups in total. The number of alkyl halides is 3. The number of hydrogen-bond acceptors (Lipinski definition) is 3. The van der Waals surface area contributed by atoms with E-state index in [0.29, 0.717) is 0 Å². The molecule has 0 amide bonds. The molecule has 0 saturated carbocycles. The minimum absolute atomic E-state index is 0.00310. The zero-order valence-electron chi connectivity index (χ0n) is 11.2. The van der Waals surface area contributed by atoms with Gasteiger partial charge in [-0.1, -0.05) is 0 Å². The van der Waals surface area contributed by atoms with Crippen LogP contribution >= 0.6 is 0 Å². The Hall–Kier alpha value is -2.51.